The Bertz CT molecular complexity index is 900. The Balaban J connectivity index is 2.23. The molecule has 0 spiro atoms. The minimum absolute atomic E-state index is 0.202. The van der Waals surface area contributed by atoms with Gasteiger partial charge in [-0.25, -0.2) is 18.1 Å². The largest absolute Gasteiger partial charge is 0.248 e. The normalized spacial score (nSPS) is 11.9. The molecule has 102 valence electrons. The van der Waals surface area contributed by atoms with E-state index in [4.69, 9.17) is 0 Å². The second-order valence-electron chi connectivity index (χ2n) is 4.59. The molecular formula is C13H12N4O2S. The van der Waals surface area contributed by atoms with Crippen LogP contribution in [0.4, 0.5) is 0 Å². The Morgan fingerprint density at radius 3 is 2.75 bits per heavy atom. The summed E-state index contributed by atoms with van der Waals surface area (Å²) in [6.07, 6.45) is 4.22. The van der Waals surface area contributed by atoms with E-state index in [1.54, 1.807) is 16.9 Å². The smallest absolute Gasteiger partial charge is 0.227 e. The third-order valence-corrected chi connectivity index (χ3v) is 3.75. The van der Waals surface area contributed by atoms with Crippen molar-refractivity contribution in [3.63, 3.8) is 0 Å². The number of rotatable bonds is 2. The van der Waals surface area contributed by atoms with Crippen LogP contribution in [0.5, 0.6) is 0 Å². The molecule has 7 heteroatoms. The summed E-state index contributed by atoms with van der Waals surface area (Å²) in [5, 5.41) is 5.03. The van der Waals surface area contributed by atoms with E-state index in [-0.39, 0.29) is 5.16 Å². The molecule has 3 aromatic rings. The summed E-state index contributed by atoms with van der Waals surface area (Å²) in [4.78, 5) is 7.85. The van der Waals surface area contributed by atoms with E-state index >= 15 is 0 Å². The Kier molecular flexibility index (Phi) is 2.79. The first-order valence-corrected chi connectivity index (χ1v) is 7.82. The van der Waals surface area contributed by atoms with E-state index in [1.807, 2.05) is 25.1 Å². The molecule has 6 nitrogen and oxygen atoms in total. The number of hydrogen-bond acceptors (Lipinski definition) is 5. The van der Waals surface area contributed by atoms with Crippen LogP contribution in [0, 0.1) is 6.92 Å². The number of hydrogen-bond donors (Lipinski definition) is 0. The first kappa shape index (κ1) is 12.7. The van der Waals surface area contributed by atoms with Crippen LogP contribution in [0.15, 0.2) is 41.8 Å². The van der Waals surface area contributed by atoms with Crippen LogP contribution in [0.3, 0.4) is 0 Å². The number of benzene rings is 1. The van der Waals surface area contributed by atoms with E-state index in [1.165, 1.54) is 6.20 Å². The molecule has 0 aliphatic rings. The van der Waals surface area contributed by atoms with Gasteiger partial charge in [-0.05, 0) is 18.6 Å². The summed E-state index contributed by atoms with van der Waals surface area (Å²) < 4.78 is 24.6. The van der Waals surface area contributed by atoms with E-state index < -0.39 is 9.84 Å². The molecule has 0 fully saturated rings. The van der Waals surface area contributed by atoms with Gasteiger partial charge in [0.25, 0.3) is 0 Å². The molecule has 0 saturated carbocycles. The van der Waals surface area contributed by atoms with Crippen LogP contribution in [0.1, 0.15) is 5.56 Å². The Hall–Kier alpha value is -2.28. The third-order valence-electron chi connectivity index (χ3n) is 2.89. The predicted molar refractivity (Wildman–Crippen MR) is 74.5 cm³/mol. The van der Waals surface area contributed by atoms with Crippen molar-refractivity contribution in [2.75, 3.05) is 6.26 Å². The molecule has 2 heterocycles. The zero-order valence-corrected chi connectivity index (χ0v) is 11.8. The molecule has 1 aromatic carbocycles. The van der Waals surface area contributed by atoms with Gasteiger partial charge in [-0.3, -0.25) is 0 Å². The van der Waals surface area contributed by atoms with Crippen LogP contribution in [-0.2, 0) is 9.84 Å². The zero-order chi connectivity index (χ0) is 14.3. The highest BCUT2D eigenvalue weighted by Gasteiger charge is 2.13. The number of sulfone groups is 1. The van der Waals surface area contributed by atoms with Crippen molar-refractivity contribution in [2.24, 2.45) is 0 Å². The summed E-state index contributed by atoms with van der Waals surface area (Å²) in [5.41, 5.74) is 1.97. The molecular weight excluding hydrogens is 276 g/mol. The number of nitrogens with zero attached hydrogens (tertiary/aromatic N) is 4. The first-order chi connectivity index (χ1) is 9.45. The maximum Gasteiger partial charge on any atom is 0.248 e. The highest BCUT2D eigenvalue weighted by Crippen LogP contribution is 2.18. The fourth-order valence-corrected chi connectivity index (χ4v) is 2.45. The lowest BCUT2D eigenvalue weighted by atomic mass is 10.2. The van der Waals surface area contributed by atoms with Gasteiger partial charge in [-0.2, -0.15) is 10.1 Å². The molecule has 0 radical (unpaired) electrons. The van der Waals surface area contributed by atoms with Crippen molar-refractivity contribution in [2.45, 2.75) is 12.1 Å². The Labute approximate surface area is 116 Å². The predicted octanol–water partition coefficient (Wildman–Crippen LogP) is 1.53. The Morgan fingerprint density at radius 2 is 2.00 bits per heavy atom. The average Bonchev–Trinajstić information content (AvgIpc) is 2.81. The summed E-state index contributed by atoms with van der Waals surface area (Å²) >= 11 is 0. The van der Waals surface area contributed by atoms with E-state index in [0.29, 0.717) is 5.82 Å². The molecule has 0 aliphatic heterocycles. The molecule has 0 atom stereocenters. The molecule has 0 saturated heterocycles. The van der Waals surface area contributed by atoms with Crippen molar-refractivity contribution >= 4 is 20.7 Å². The molecule has 0 aliphatic carbocycles. The first-order valence-electron chi connectivity index (χ1n) is 5.93. The van der Waals surface area contributed by atoms with Gasteiger partial charge < -0.3 is 0 Å². The van der Waals surface area contributed by atoms with Crippen molar-refractivity contribution in [3.05, 3.63) is 42.2 Å². The SMILES string of the molecule is Cc1ccc2cnn(-c3ccnc(S(C)(=O)=O)n3)c2c1. The van der Waals surface area contributed by atoms with Crippen molar-refractivity contribution in [1.29, 1.82) is 0 Å². The number of fused-ring (bicyclic) bond motifs is 1. The molecule has 0 N–H and O–H groups in total. The second kappa shape index (κ2) is 4.38. The average molecular weight is 288 g/mol. The van der Waals surface area contributed by atoms with Gasteiger partial charge in [0.2, 0.25) is 15.0 Å². The van der Waals surface area contributed by atoms with Gasteiger partial charge in [0.1, 0.15) is 0 Å². The third kappa shape index (κ3) is 2.16. The van der Waals surface area contributed by atoms with Crippen molar-refractivity contribution < 1.29 is 8.42 Å². The molecule has 20 heavy (non-hydrogen) atoms. The fourth-order valence-electron chi connectivity index (χ4n) is 1.94. The molecule has 0 amide bonds. The summed E-state index contributed by atoms with van der Waals surface area (Å²) in [6.45, 7) is 1.98. The van der Waals surface area contributed by atoms with E-state index in [2.05, 4.69) is 15.1 Å². The van der Waals surface area contributed by atoms with Crippen LogP contribution in [-0.4, -0.2) is 34.4 Å². The number of aryl methyl sites for hydroxylation is 1. The lowest BCUT2D eigenvalue weighted by molar-refractivity contribution is 0.592. The topological polar surface area (TPSA) is 77.7 Å². The minimum atomic E-state index is -3.44. The highest BCUT2D eigenvalue weighted by molar-refractivity contribution is 7.90. The van der Waals surface area contributed by atoms with Gasteiger partial charge in [0.15, 0.2) is 5.82 Å². The van der Waals surface area contributed by atoms with Crippen LogP contribution in [0.25, 0.3) is 16.7 Å². The lowest BCUT2D eigenvalue weighted by Crippen LogP contribution is -2.08. The van der Waals surface area contributed by atoms with Gasteiger partial charge in [-0.1, -0.05) is 12.1 Å². The van der Waals surface area contributed by atoms with Crippen molar-refractivity contribution in [1.82, 2.24) is 19.7 Å². The van der Waals surface area contributed by atoms with E-state index in [0.717, 1.165) is 22.7 Å². The number of aromatic nitrogens is 4. The Morgan fingerprint density at radius 1 is 1.20 bits per heavy atom. The summed E-state index contributed by atoms with van der Waals surface area (Å²) in [5.74, 6) is 0.432. The summed E-state index contributed by atoms with van der Waals surface area (Å²) in [7, 11) is -3.44. The van der Waals surface area contributed by atoms with Gasteiger partial charge >= 0.3 is 0 Å². The molecule has 0 bridgehead atoms. The lowest BCUT2D eigenvalue weighted by Gasteiger charge is -2.04. The van der Waals surface area contributed by atoms with Crippen molar-refractivity contribution in [3.8, 4) is 5.82 Å². The quantitative estimate of drug-likeness (QED) is 0.668. The minimum Gasteiger partial charge on any atom is -0.227 e. The van der Waals surface area contributed by atoms with Crippen LogP contribution in [0.2, 0.25) is 0 Å². The summed E-state index contributed by atoms with van der Waals surface area (Å²) in [6, 6.07) is 7.57. The molecule has 3 rings (SSSR count). The second-order valence-corrected chi connectivity index (χ2v) is 6.50. The van der Waals surface area contributed by atoms with Gasteiger partial charge in [0, 0.05) is 23.9 Å². The maximum absolute atomic E-state index is 11.5. The van der Waals surface area contributed by atoms with Gasteiger partial charge in [-0.15, -0.1) is 0 Å². The van der Waals surface area contributed by atoms with Crippen LogP contribution >= 0.6 is 0 Å². The zero-order valence-electron chi connectivity index (χ0n) is 11.0. The maximum atomic E-state index is 11.5. The fraction of sp³-hybridized carbons (Fsp3) is 0.154. The standard InChI is InChI=1S/C13H12N4O2S/c1-9-3-4-10-8-15-17(11(10)7-9)12-5-6-14-13(16-12)20(2,18)19/h3-8H,1-2H3. The van der Waals surface area contributed by atoms with Crippen LogP contribution < -0.4 is 0 Å². The molecule has 2 aromatic heterocycles. The van der Waals surface area contributed by atoms with Gasteiger partial charge in [0.05, 0.1) is 11.7 Å². The molecule has 0 unspecified atom stereocenters. The highest BCUT2D eigenvalue weighted by atomic mass is 32.2. The van der Waals surface area contributed by atoms with E-state index in [9.17, 15) is 8.42 Å². The monoisotopic (exact) mass is 288 g/mol.